The van der Waals surface area contributed by atoms with Crippen LogP contribution in [0.2, 0.25) is 0 Å². The Kier molecular flexibility index (Phi) is 8.89. The molecule has 1 aliphatic carbocycles. The molecule has 0 aromatic heterocycles. The fraction of sp³-hybridized carbons (Fsp3) is 0.824. The summed E-state index contributed by atoms with van der Waals surface area (Å²) in [5, 5.41) is 0. The Labute approximate surface area is 113 Å². The van der Waals surface area contributed by atoms with Gasteiger partial charge in [0.1, 0.15) is 5.78 Å². The average molecular weight is 250 g/mol. The minimum atomic E-state index is 0.436. The predicted molar refractivity (Wildman–Crippen MR) is 78.7 cm³/mol. The number of hydrogen-bond donors (Lipinski definition) is 0. The monoisotopic (exact) mass is 250 g/mol. The smallest absolute Gasteiger partial charge is 0.133 e. The zero-order valence-electron chi connectivity index (χ0n) is 12.1. The third-order valence-electron chi connectivity index (χ3n) is 3.84. The summed E-state index contributed by atoms with van der Waals surface area (Å²) < 4.78 is 0. The van der Waals surface area contributed by atoms with Crippen molar-refractivity contribution in [2.24, 2.45) is 5.92 Å². The van der Waals surface area contributed by atoms with Crippen LogP contribution >= 0.6 is 0 Å². The van der Waals surface area contributed by atoms with Crippen LogP contribution in [0.1, 0.15) is 84.0 Å². The molecule has 0 spiro atoms. The molecular weight excluding hydrogens is 220 g/mol. The zero-order chi connectivity index (χ0) is 13.1. The first kappa shape index (κ1) is 15.5. The highest BCUT2D eigenvalue weighted by Crippen LogP contribution is 2.14. The van der Waals surface area contributed by atoms with Crippen LogP contribution in [0.15, 0.2) is 12.2 Å². The first-order chi connectivity index (χ1) is 8.79. The van der Waals surface area contributed by atoms with E-state index in [2.05, 4.69) is 19.1 Å². The van der Waals surface area contributed by atoms with Crippen LogP contribution in [-0.2, 0) is 4.79 Å². The minimum Gasteiger partial charge on any atom is -0.300 e. The maximum Gasteiger partial charge on any atom is 0.133 e. The Morgan fingerprint density at radius 2 is 1.44 bits per heavy atom. The van der Waals surface area contributed by atoms with Gasteiger partial charge in [0.05, 0.1) is 0 Å². The molecule has 1 atom stereocenters. The lowest BCUT2D eigenvalue weighted by atomic mass is 9.98. The molecule has 0 heterocycles. The maximum absolute atomic E-state index is 11.8. The fourth-order valence-electron chi connectivity index (χ4n) is 2.68. The highest BCUT2D eigenvalue weighted by molar-refractivity contribution is 5.78. The molecule has 0 bridgehead atoms. The number of rotatable bonds is 0. The number of Topliss-reactive ketones (excluding diaryl/α,β-unsaturated/α-hetero) is 1. The van der Waals surface area contributed by atoms with E-state index in [0.29, 0.717) is 11.7 Å². The van der Waals surface area contributed by atoms with Gasteiger partial charge in [0.2, 0.25) is 0 Å². The molecule has 0 aliphatic heterocycles. The summed E-state index contributed by atoms with van der Waals surface area (Å²) in [5.41, 5.74) is 0. The highest BCUT2D eigenvalue weighted by Gasteiger charge is 2.06. The first-order valence-corrected chi connectivity index (χ1v) is 7.97. The fourth-order valence-corrected chi connectivity index (χ4v) is 2.68. The third-order valence-corrected chi connectivity index (χ3v) is 3.84. The van der Waals surface area contributed by atoms with Gasteiger partial charge in [-0.1, -0.05) is 64.0 Å². The summed E-state index contributed by atoms with van der Waals surface area (Å²) in [6, 6.07) is 0. The molecule has 104 valence electrons. The molecule has 0 radical (unpaired) electrons. The van der Waals surface area contributed by atoms with E-state index in [-0.39, 0.29) is 0 Å². The molecule has 18 heavy (non-hydrogen) atoms. The number of allylic oxidation sites excluding steroid dienone is 2. The van der Waals surface area contributed by atoms with Gasteiger partial charge < -0.3 is 0 Å². The molecule has 0 N–H and O–H groups in total. The van der Waals surface area contributed by atoms with Crippen molar-refractivity contribution in [3.63, 3.8) is 0 Å². The summed E-state index contributed by atoms with van der Waals surface area (Å²) in [7, 11) is 0. The van der Waals surface area contributed by atoms with Gasteiger partial charge in [-0.05, 0) is 25.2 Å². The molecule has 0 aromatic rings. The van der Waals surface area contributed by atoms with Crippen molar-refractivity contribution < 1.29 is 4.79 Å². The molecule has 1 heteroatoms. The molecule has 0 amide bonds. The Morgan fingerprint density at radius 3 is 2.11 bits per heavy atom. The van der Waals surface area contributed by atoms with Gasteiger partial charge in [0, 0.05) is 12.8 Å². The van der Waals surface area contributed by atoms with Crippen molar-refractivity contribution in [2.45, 2.75) is 84.0 Å². The van der Waals surface area contributed by atoms with Crippen molar-refractivity contribution in [3.8, 4) is 0 Å². The van der Waals surface area contributed by atoms with Gasteiger partial charge in [-0.15, -0.1) is 0 Å². The minimum absolute atomic E-state index is 0.436. The molecule has 0 fully saturated rings. The Bertz CT molecular complexity index is 242. The second-order valence-electron chi connectivity index (χ2n) is 5.87. The summed E-state index contributed by atoms with van der Waals surface area (Å²) in [4.78, 5) is 11.8. The summed E-state index contributed by atoms with van der Waals surface area (Å²) in [6.07, 6.45) is 19.2. The van der Waals surface area contributed by atoms with E-state index in [1.165, 1.54) is 57.8 Å². The standard InChI is InChI=1S/C17H30O/c1-16-13-11-9-7-5-3-2-4-6-8-10-12-14-17(18)15-16/h11,13,16H,2-10,12,14-15H2,1H3/b13-11+. The Hall–Kier alpha value is -0.590. The van der Waals surface area contributed by atoms with E-state index >= 15 is 0 Å². The number of carbonyl (C=O) groups excluding carboxylic acids is 1. The summed E-state index contributed by atoms with van der Waals surface area (Å²) in [5.74, 6) is 0.893. The summed E-state index contributed by atoms with van der Waals surface area (Å²) >= 11 is 0. The quantitative estimate of drug-likeness (QED) is 0.523. The third kappa shape index (κ3) is 8.49. The average Bonchev–Trinajstić information content (AvgIpc) is 2.33. The van der Waals surface area contributed by atoms with Crippen molar-refractivity contribution in [2.75, 3.05) is 0 Å². The van der Waals surface area contributed by atoms with E-state index in [1.807, 2.05) is 0 Å². The number of carbonyl (C=O) groups is 1. The van der Waals surface area contributed by atoms with Crippen LogP contribution in [0, 0.1) is 5.92 Å². The lowest BCUT2D eigenvalue weighted by Gasteiger charge is -2.07. The van der Waals surface area contributed by atoms with Gasteiger partial charge in [-0.3, -0.25) is 4.79 Å². The Morgan fingerprint density at radius 1 is 0.889 bits per heavy atom. The van der Waals surface area contributed by atoms with Crippen LogP contribution in [0.5, 0.6) is 0 Å². The predicted octanol–water partition coefficient (Wildman–Crippen LogP) is 5.44. The molecule has 0 saturated carbocycles. The number of ketones is 1. The normalized spacial score (nSPS) is 27.8. The van der Waals surface area contributed by atoms with E-state index in [0.717, 1.165) is 19.3 Å². The maximum atomic E-state index is 11.8. The van der Waals surface area contributed by atoms with Crippen molar-refractivity contribution >= 4 is 5.78 Å². The molecule has 1 rings (SSSR count). The number of hydrogen-bond acceptors (Lipinski definition) is 1. The molecule has 0 saturated heterocycles. The van der Waals surface area contributed by atoms with Crippen LogP contribution < -0.4 is 0 Å². The van der Waals surface area contributed by atoms with Crippen molar-refractivity contribution in [3.05, 3.63) is 12.2 Å². The van der Waals surface area contributed by atoms with E-state index in [9.17, 15) is 4.79 Å². The van der Waals surface area contributed by atoms with Crippen LogP contribution in [0.25, 0.3) is 0 Å². The van der Waals surface area contributed by atoms with Gasteiger partial charge in [0.15, 0.2) is 0 Å². The molecule has 1 nitrogen and oxygen atoms in total. The Balaban J connectivity index is 2.30. The van der Waals surface area contributed by atoms with Gasteiger partial charge >= 0.3 is 0 Å². The summed E-state index contributed by atoms with van der Waals surface area (Å²) in [6.45, 7) is 2.16. The van der Waals surface area contributed by atoms with E-state index in [4.69, 9.17) is 0 Å². The second-order valence-corrected chi connectivity index (χ2v) is 5.87. The molecule has 0 aromatic carbocycles. The van der Waals surface area contributed by atoms with Gasteiger partial charge in [0.25, 0.3) is 0 Å². The van der Waals surface area contributed by atoms with Gasteiger partial charge in [-0.2, -0.15) is 0 Å². The largest absolute Gasteiger partial charge is 0.300 e. The van der Waals surface area contributed by atoms with Crippen LogP contribution in [0.4, 0.5) is 0 Å². The molecular formula is C17H30O. The zero-order valence-corrected chi connectivity index (χ0v) is 12.1. The highest BCUT2D eigenvalue weighted by atomic mass is 16.1. The van der Waals surface area contributed by atoms with Crippen molar-refractivity contribution in [1.82, 2.24) is 0 Å². The second kappa shape index (κ2) is 10.3. The van der Waals surface area contributed by atoms with Crippen molar-refractivity contribution in [1.29, 1.82) is 0 Å². The topological polar surface area (TPSA) is 17.1 Å². The molecule has 1 unspecified atom stereocenters. The van der Waals surface area contributed by atoms with E-state index < -0.39 is 0 Å². The first-order valence-electron chi connectivity index (χ1n) is 7.97. The lowest BCUT2D eigenvalue weighted by Crippen LogP contribution is -2.03. The van der Waals surface area contributed by atoms with E-state index in [1.54, 1.807) is 0 Å². The van der Waals surface area contributed by atoms with Crippen LogP contribution in [-0.4, -0.2) is 5.78 Å². The van der Waals surface area contributed by atoms with Gasteiger partial charge in [-0.25, -0.2) is 0 Å². The van der Waals surface area contributed by atoms with Crippen LogP contribution in [0.3, 0.4) is 0 Å². The molecule has 1 aliphatic rings. The lowest BCUT2D eigenvalue weighted by molar-refractivity contribution is -0.119. The SMILES string of the molecule is CC1/C=C/CCCCCCCCCCCC(=O)C1.